The maximum absolute atomic E-state index is 12.4. The van der Waals surface area contributed by atoms with Crippen LogP contribution in [-0.2, 0) is 9.53 Å². The molecule has 2 atom stereocenters. The van der Waals surface area contributed by atoms with Crippen LogP contribution in [0.4, 0.5) is 0 Å². The van der Waals surface area contributed by atoms with Gasteiger partial charge in [-0.1, -0.05) is 12.8 Å². The zero-order valence-corrected chi connectivity index (χ0v) is 12.6. The number of nitrogens with one attached hydrogen (secondary N) is 2. The maximum atomic E-state index is 12.4. The van der Waals surface area contributed by atoms with Crippen molar-refractivity contribution in [3.05, 3.63) is 0 Å². The van der Waals surface area contributed by atoms with Crippen molar-refractivity contribution in [2.24, 2.45) is 11.3 Å². The Hall–Kier alpha value is -0.610. The van der Waals surface area contributed by atoms with E-state index in [2.05, 4.69) is 17.6 Å². The summed E-state index contributed by atoms with van der Waals surface area (Å²) in [6.07, 6.45) is 8.43. The summed E-state index contributed by atoms with van der Waals surface area (Å²) in [4.78, 5) is 12.4. The van der Waals surface area contributed by atoms with Crippen molar-refractivity contribution in [1.29, 1.82) is 0 Å². The number of hydrogen-bond donors (Lipinski definition) is 2. The van der Waals surface area contributed by atoms with Crippen molar-refractivity contribution in [3.8, 4) is 0 Å². The molecule has 2 saturated carbocycles. The second-order valence-corrected chi connectivity index (χ2v) is 6.71. The molecule has 0 aromatic rings. The quantitative estimate of drug-likeness (QED) is 0.826. The lowest BCUT2D eigenvalue weighted by atomic mass is 9.60. The van der Waals surface area contributed by atoms with E-state index in [-0.39, 0.29) is 17.2 Å². The Kier molecular flexibility index (Phi) is 4.32. The third-order valence-corrected chi connectivity index (χ3v) is 5.71. The van der Waals surface area contributed by atoms with Crippen molar-refractivity contribution in [2.75, 3.05) is 19.7 Å². The first-order valence-electron chi connectivity index (χ1n) is 8.39. The van der Waals surface area contributed by atoms with Crippen molar-refractivity contribution >= 4 is 5.91 Å². The molecule has 114 valence electrons. The highest BCUT2D eigenvalue weighted by molar-refractivity contribution is 5.79. The maximum Gasteiger partial charge on any atom is 0.223 e. The van der Waals surface area contributed by atoms with Gasteiger partial charge in [0.25, 0.3) is 0 Å². The molecule has 0 aromatic heterocycles. The van der Waals surface area contributed by atoms with Crippen LogP contribution >= 0.6 is 0 Å². The van der Waals surface area contributed by atoms with Crippen LogP contribution in [0.5, 0.6) is 0 Å². The van der Waals surface area contributed by atoms with E-state index in [0.717, 1.165) is 39.0 Å². The van der Waals surface area contributed by atoms with Crippen LogP contribution < -0.4 is 10.6 Å². The summed E-state index contributed by atoms with van der Waals surface area (Å²) >= 11 is 0. The van der Waals surface area contributed by atoms with Gasteiger partial charge in [0.05, 0.1) is 6.10 Å². The van der Waals surface area contributed by atoms with Crippen LogP contribution in [0.25, 0.3) is 0 Å². The first kappa shape index (κ1) is 14.3. The largest absolute Gasteiger partial charge is 0.378 e. The predicted molar refractivity (Wildman–Crippen MR) is 78.5 cm³/mol. The van der Waals surface area contributed by atoms with Gasteiger partial charge in [-0.3, -0.25) is 4.79 Å². The van der Waals surface area contributed by atoms with Crippen molar-refractivity contribution in [1.82, 2.24) is 10.6 Å². The van der Waals surface area contributed by atoms with Gasteiger partial charge >= 0.3 is 0 Å². The first-order valence-corrected chi connectivity index (χ1v) is 8.39. The van der Waals surface area contributed by atoms with Crippen molar-refractivity contribution in [3.63, 3.8) is 0 Å². The lowest BCUT2D eigenvalue weighted by Crippen LogP contribution is -2.64. The molecule has 1 saturated heterocycles. The number of ether oxygens (including phenoxy) is 1. The Morgan fingerprint density at radius 3 is 2.65 bits per heavy atom. The number of hydrogen-bond acceptors (Lipinski definition) is 3. The normalized spacial score (nSPS) is 33.0. The molecule has 4 heteroatoms. The molecule has 2 N–H and O–H groups in total. The summed E-state index contributed by atoms with van der Waals surface area (Å²) in [5, 5.41) is 6.68. The van der Waals surface area contributed by atoms with Crippen molar-refractivity contribution < 1.29 is 9.53 Å². The molecule has 1 amide bonds. The first-order chi connectivity index (χ1) is 9.76. The number of carbonyl (C=O) groups excluding carboxylic acids is 1. The monoisotopic (exact) mass is 280 g/mol. The SMILES string of the molecule is CCOC1CC(NC(=O)C2CCNCC2)C12CCCC2. The lowest BCUT2D eigenvalue weighted by Gasteiger charge is -2.54. The Morgan fingerprint density at radius 2 is 2.00 bits per heavy atom. The Labute approximate surface area is 122 Å². The molecule has 2 unspecified atom stereocenters. The fourth-order valence-electron chi connectivity index (χ4n) is 4.46. The van der Waals surface area contributed by atoms with Gasteiger partial charge in [-0.25, -0.2) is 0 Å². The highest BCUT2D eigenvalue weighted by Crippen LogP contribution is 2.54. The smallest absolute Gasteiger partial charge is 0.223 e. The minimum absolute atomic E-state index is 0.223. The van der Waals surface area contributed by atoms with Gasteiger partial charge in [0.1, 0.15) is 0 Å². The fourth-order valence-corrected chi connectivity index (χ4v) is 4.46. The van der Waals surface area contributed by atoms with E-state index in [1.54, 1.807) is 0 Å². The molecule has 20 heavy (non-hydrogen) atoms. The second kappa shape index (κ2) is 6.02. The minimum atomic E-state index is 0.223. The average Bonchev–Trinajstić information content (AvgIpc) is 2.99. The summed E-state index contributed by atoms with van der Waals surface area (Å²) in [5.74, 6) is 0.513. The number of amides is 1. The fraction of sp³-hybridized carbons (Fsp3) is 0.938. The van der Waals surface area contributed by atoms with Gasteiger partial charge in [-0.15, -0.1) is 0 Å². The van der Waals surface area contributed by atoms with E-state index < -0.39 is 0 Å². The van der Waals surface area contributed by atoms with E-state index in [1.165, 1.54) is 25.7 Å². The minimum Gasteiger partial charge on any atom is -0.378 e. The predicted octanol–water partition coefficient (Wildman–Crippen LogP) is 1.84. The third kappa shape index (κ3) is 2.48. The van der Waals surface area contributed by atoms with Gasteiger partial charge in [0.15, 0.2) is 0 Å². The zero-order chi connectivity index (χ0) is 14.0. The summed E-state index contributed by atoms with van der Waals surface area (Å²) in [7, 11) is 0. The van der Waals surface area contributed by atoms with Gasteiger partial charge in [0, 0.05) is 24.0 Å². The molecule has 3 fully saturated rings. The molecule has 0 radical (unpaired) electrons. The van der Waals surface area contributed by atoms with E-state index in [0.29, 0.717) is 12.1 Å². The zero-order valence-electron chi connectivity index (χ0n) is 12.6. The summed E-state index contributed by atoms with van der Waals surface area (Å²) in [6, 6.07) is 0.365. The molecule has 4 nitrogen and oxygen atoms in total. The average molecular weight is 280 g/mol. The molecule has 0 bridgehead atoms. The molecule has 2 aliphatic carbocycles. The number of carbonyl (C=O) groups is 1. The Morgan fingerprint density at radius 1 is 1.30 bits per heavy atom. The molecule has 0 aromatic carbocycles. The molecule has 1 spiro atoms. The summed E-state index contributed by atoms with van der Waals surface area (Å²) in [6.45, 7) is 4.83. The van der Waals surface area contributed by atoms with Crippen LogP contribution in [0.1, 0.15) is 51.9 Å². The van der Waals surface area contributed by atoms with Crippen LogP contribution in [0.3, 0.4) is 0 Å². The van der Waals surface area contributed by atoms with Crippen molar-refractivity contribution in [2.45, 2.75) is 64.0 Å². The van der Waals surface area contributed by atoms with Crippen LogP contribution in [-0.4, -0.2) is 37.7 Å². The standard InChI is InChI=1S/C16H28N2O2/c1-2-20-14-11-13(16(14)7-3-4-8-16)18-15(19)12-5-9-17-10-6-12/h12-14,17H,2-11H2,1H3,(H,18,19). The van der Waals surface area contributed by atoms with Crippen LogP contribution in [0.15, 0.2) is 0 Å². The van der Waals surface area contributed by atoms with E-state index in [4.69, 9.17) is 4.74 Å². The Bertz CT molecular complexity index is 346. The van der Waals surface area contributed by atoms with Crippen LogP contribution in [0.2, 0.25) is 0 Å². The van der Waals surface area contributed by atoms with Gasteiger partial charge < -0.3 is 15.4 Å². The number of piperidine rings is 1. The summed E-state index contributed by atoms with van der Waals surface area (Å²) < 4.78 is 5.91. The molecular weight excluding hydrogens is 252 g/mol. The van der Waals surface area contributed by atoms with E-state index >= 15 is 0 Å². The lowest BCUT2D eigenvalue weighted by molar-refractivity contribution is -0.147. The van der Waals surface area contributed by atoms with Gasteiger partial charge in [0.2, 0.25) is 5.91 Å². The van der Waals surface area contributed by atoms with Crippen LogP contribution in [0, 0.1) is 11.3 Å². The third-order valence-electron chi connectivity index (χ3n) is 5.71. The highest BCUT2D eigenvalue weighted by Gasteiger charge is 2.57. The Balaban J connectivity index is 1.58. The second-order valence-electron chi connectivity index (χ2n) is 6.71. The topological polar surface area (TPSA) is 50.4 Å². The molecule has 3 aliphatic rings. The summed E-state index contributed by atoms with van der Waals surface area (Å²) in [5.41, 5.74) is 0.262. The molecule has 1 aliphatic heterocycles. The molecular formula is C16H28N2O2. The highest BCUT2D eigenvalue weighted by atomic mass is 16.5. The van der Waals surface area contributed by atoms with Gasteiger partial charge in [-0.05, 0) is 52.1 Å². The van der Waals surface area contributed by atoms with E-state index in [9.17, 15) is 4.79 Å². The molecule has 1 heterocycles. The number of rotatable bonds is 4. The van der Waals surface area contributed by atoms with E-state index in [1.807, 2.05) is 0 Å². The van der Waals surface area contributed by atoms with Gasteiger partial charge in [-0.2, -0.15) is 0 Å². The molecule has 3 rings (SSSR count).